The smallest absolute Gasteiger partial charge is 0.330 e. The van der Waals surface area contributed by atoms with Crippen molar-refractivity contribution in [1.82, 2.24) is 15.4 Å². The third-order valence-electron chi connectivity index (χ3n) is 2.35. The van der Waals surface area contributed by atoms with Crippen molar-refractivity contribution in [3.05, 3.63) is 52.8 Å². The van der Waals surface area contributed by atoms with Crippen LogP contribution in [0.3, 0.4) is 0 Å². The van der Waals surface area contributed by atoms with Crippen molar-refractivity contribution in [1.29, 1.82) is 0 Å². The van der Waals surface area contributed by atoms with E-state index in [1.54, 1.807) is 24.4 Å². The highest BCUT2D eigenvalue weighted by atomic mass is 35.5. The van der Waals surface area contributed by atoms with Crippen molar-refractivity contribution in [3.8, 4) is 0 Å². The van der Waals surface area contributed by atoms with Gasteiger partial charge < -0.3 is 4.74 Å². The normalized spacial score (nSPS) is 10.8. The second-order valence-corrected chi connectivity index (χ2v) is 4.20. The van der Waals surface area contributed by atoms with Gasteiger partial charge in [-0.2, -0.15) is 15.4 Å². The van der Waals surface area contributed by atoms with E-state index in [1.807, 2.05) is 12.1 Å². The zero-order valence-electron chi connectivity index (χ0n) is 10.0. The fourth-order valence-corrected chi connectivity index (χ4v) is 1.51. The fourth-order valence-electron chi connectivity index (χ4n) is 1.39. The van der Waals surface area contributed by atoms with Gasteiger partial charge >= 0.3 is 5.97 Å². The Balaban J connectivity index is 1.76. The van der Waals surface area contributed by atoms with Crippen LogP contribution in [-0.4, -0.2) is 28.0 Å². The second-order valence-electron chi connectivity index (χ2n) is 3.76. The molecule has 2 rings (SSSR count). The number of aromatic amines is 1. The van der Waals surface area contributed by atoms with E-state index in [-0.39, 0.29) is 6.61 Å². The summed E-state index contributed by atoms with van der Waals surface area (Å²) in [6, 6.07) is 7.16. The molecule has 1 N–H and O–H groups in total. The number of benzene rings is 1. The van der Waals surface area contributed by atoms with Gasteiger partial charge in [0.1, 0.15) is 0 Å². The molecule has 0 aliphatic heterocycles. The van der Waals surface area contributed by atoms with Gasteiger partial charge in [0.15, 0.2) is 0 Å². The number of aromatic nitrogens is 3. The highest BCUT2D eigenvalue weighted by molar-refractivity contribution is 6.30. The third kappa shape index (κ3) is 4.56. The molecule has 0 aliphatic carbocycles. The summed E-state index contributed by atoms with van der Waals surface area (Å²) in [7, 11) is 0. The monoisotopic (exact) mass is 277 g/mol. The Bertz CT molecular complexity index is 550. The van der Waals surface area contributed by atoms with Crippen LogP contribution in [0.5, 0.6) is 0 Å². The lowest BCUT2D eigenvalue weighted by molar-refractivity contribution is -0.137. The van der Waals surface area contributed by atoms with Gasteiger partial charge in [-0.15, -0.1) is 0 Å². The summed E-state index contributed by atoms with van der Waals surface area (Å²) in [5, 5.41) is 10.7. The minimum absolute atomic E-state index is 0.274. The summed E-state index contributed by atoms with van der Waals surface area (Å²) in [4.78, 5) is 11.4. The van der Waals surface area contributed by atoms with Crippen LogP contribution in [0.2, 0.25) is 5.02 Å². The van der Waals surface area contributed by atoms with Crippen LogP contribution >= 0.6 is 11.6 Å². The van der Waals surface area contributed by atoms with Crippen molar-refractivity contribution in [2.45, 2.75) is 6.42 Å². The molecule has 0 saturated heterocycles. The molecule has 1 heterocycles. The number of esters is 1. The van der Waals surface area contributed by atoms with Crippen molar-refractivity contribution in [2.24, 2.45) is 0 Å². The minimum Gasteiger partial charge on any atom is -0.462 e. The molecule has 0 unspecified atom stereocenters. The standard InChI is InChI=1S/C13H12ClN3O2/c14-11-4-1-10(2-5-11)3-6-13(18)19-8-7-12-9-15-17-16-12/h1-6,9H,7-8H2,(H,15,16,17)/b6-3+. The number of ether oxygens (including phenoxy) is 1. The molecule has 0 spiro atoms. The number of halogens is 1. The summed E-state index contributed by atoms with van der Waals surface area (Å²) >= 11 is 5.76. The molecule has 0 saturated carbocycles. The molecule has 5 nitrogen and oxygen atoms in total. The molecule has 0 atom stereocenters. The maximum atomic E-state index is 11.4. The van der Waals surface area contributed by atoms with Gasteiger partial charge in [0.25, 0.3) is 0 Å². The van der Waals surface area contributed by atoms with E-state index in [0.29, 0.717) is 11.4 Å². The van der Waals surface area contributed by atoms with E-state index in [1.165, 1.54) is 6.08 Å². The van der Waals surface area contributed by atoms with E-state index in [9.17, 15) is 4.79 Å². The molecule has 0 amide bonds. The molecule has 2 aromatic rings. The lowest BCUT2D eigenvalue weighted by Gasteiger charge is -1.99. The van der Waals surface area contributed by atoms with Crippen LogP contribution in [0.25, 0.3) is 6.08 Å². The van der Waals surface area contributed by atoms with Gasteiger partial charge in [-0.25, -0.2) is 4.79 Å². The van der Waals surface area contributed by atoms with E-state index in [4.69, 9.17) is 16.3 Å². The van der Waals surface area contributed by atoms with Gasteiger partial charge in [-0.1, -0.05) is 23.7 Å². The van der Waals surface area contributed by atoms with Crippen LogP contribution in [-0.2, 0) is 16.0 Å². The number of carbonyl (C=O) groups is 1. The Morgan fingerprint density at radius 1 is 1.37 bits per heavy atom. The quantitative estimate of drug-likeness (QED) is 0.672. The zero-order chi connectivity index (χ0) is 13.5. The Kier molecular flexibility index (Phi) is 4.69. The Hall–Kier alpha value is -2.14. The van der Waals surface area contributed by atoms with Gasteiger partial charge in [0, 0.05) is 17.5 Å². The summed E-state index contributed by atoms with van der Waals surface area (Å²) < 4.78 is 5.03. The van der Waals surface area contributed by atoms with Crippen molar-refractivity contribution in [2.75, 3.05) is 6.61 Å². The van der Waals surface area contributed by atoms with Crippen LogP contribution in [0.1, 0.15) is 11.3 Å². The number of nitrogens with one attached hydrogen (secondary N) is 1. The number of rotatable bonds is 5. The molecule has 19 heavy (non-hydrogen) atoms. The third-order valence-corrected chi connectivity index (χ3v) is 2.60. The average molecular weight is 278 g/mol. The lowest BCUT2D eigenvalue weighted by Crippen LogP contribution is -2.04. The molecular weight excluding hydrogens is 266 g/mol. The largest absolute Gasteiger partial charge is 0.462 e. The predicted molar refractivity (Wildman–Crippen MR) is 71.5 cm³/mol. The number of H-pyrrole nitrogens is 1. The van der Waals surface area contributed by atoms with Crippen molar-refractivity contribution >= 4 is 23.6 Å². The molecule has 6 heteroatoms. The Labute approximate surface area is 115 Å². The first-order valence-corrected chi connectivity index (χ1v) is 6.07. The van der Waals surface area contributed by atoms with Crippen molar-refractivity contribution < 1.29 is 9.53 Å². The molecule has 0 radical (unpaired) electrons. The number of hydrogen-bond donors (Lipinski definition) is 1. The molecule has 0 bridgehead atoms. The van der Waals surface area contributed by atoms with Gasteiger partial charge in [-0.05, 0) is 23.8 Å². The van der Waals surface area contributed by atoms with Gasteiger partial charge in [0.05, 0.1) is 18.5 Å². The predicted octanol–water partition coefficient (Wildman–Crippen LogP) is 2.26. The molecule has 0 fully saturated rings. The van der Waals surface area contributed by atoms with Crippen LogP contribution in [0.4, 0.5) is 0 Å². The topological polar surface area (TPSA) is 67.9 Å². The number of hydrogen-bond acceptors (Lipinski definition) is 4. The molecule has 0 aliphatic rings. The van der Waals surface area contributed by atoms with E-state index in [0.717, 1.165) is 11.3 Å². The number of nitrogens with zero attached hydrogens (tertiary/aromatic N) is 2. The average Bonchev–Trinajstić information content (AvgIpc) is 2.91. The SMILES string of the molecule is O=C(/C=C/c1ccc(Cl)cc1)OCCc1cn[nH]n1. The van der Waals surface area contributed by atoms with Gasteiger partial charge in [0.2, 0.25) is 0 Å². The first kappa shape index (κ1) is 13.3. The highest BCUT2D eigenvalue weighted by Gasteiger charge is 2.00. The van der Waals surface area contributed by atoms with E-state index < -0.39 is 5.97 Å². The first-order chi connectivity index (χ1) is 9.24. The summed E-state index contributed by atoms with van der Waals surface area (Å²) in [5.41, 5.74) is 1.65. The first-order valence-electron chi connectivity index (χ1n) is 5.69. The molecular formula is C13H12ClN3O2. The fraction of sp³-hybridized carbons (Fsp3) is 0.154. The number of carbonyl (C=O) groups excluding carboxylic acids is 1. The van der Waals surface area contributed by atoms with Crippen LogP contribution < -0.4 is 0 Å². The van der Waals surface area contributed by atoms with E-state index in [2.05, 4.69) is 15.4 Å². The molecule has 98 valence electrons. The Morgan fingerprint density at radius 3 is 2.84 bits per heavy atom. The lowest BCUT2D eigenvalue weighted by atomic mass is 10.2. The zero-order valence-corrected chi connectivity index (χ0v) is 10.8. The summed E-state index contributed by atoms with van der Waals surface area (Å²) in [6.07, 6.45) is 5.19. The van der Waals surface area contributed by atoms with Crippen molar-refractivity contribution in [3.63, 3.8) is 0 Å². The molecule has 1 aromatic heterocycles. The maximum absolute atomic E-state index is 11.4. The van der Waals surface area contributed by atoms with E-state index >= 15 is 0 Å². The summed E-state index contributed by atoms with van der Waals surface area (Å²) in [6.45, 7) is 0.274. The highest BCUT2D eigenvalue weighted by Crippen LogP contribution is 2.10. The second kappa shape index (κ2) is 6.70. The van der Waals surface area contributed by atoms with Gasteiger partial charge in [-0.3, -0.25) is 0 Å². The maximum Gasteiger partial charge on any atom is 0.330 e. The Morgan fingerprint density at radius 2 is 2.16 bits per heavy atom. The van der Waals surface area contributed by atoms with Crippen LogP contribution in [0, 0.1) is 0 Å². The molecule has 1 aromatic carbocycles. The van der Waals surface area contributed by atoms with Crippen LogP contribution in [0.15, 0.2) is 36.5 Å². The minimum atomic E-state index is -0.390. The summed E-state index contributed by atoms with van der Waals surface area (Å²) in [5.74, 6) is -0.390.